The number of halogens is 2. The number of ether oxygens (including phenoxy) is 1. The minimum absolute atomic E-state index is 0.0676. The van der Waals surface area contributed by atoms with Crippen molar-refractivity contribution in [1.82, 2.24) is 10.0 Å². The molecule has 5 aromatic rings. The van der Waals surface area contributed by atoms with Gasteiger partial charge in [0.25, 0.3) is 0 Å². The van der Waals surface area contributed by atoms with Crippen LogP contribution in [-0.4, -0.2) is 64.3 Å². The largest absolute Gasteiger partial charge is 0.744 e. The topological polar surface area (TPSA) is 233 Å². The van der Waals surface area contributed by atoms with Crippen molar-refractivity contribution in [1.29, 1.82) is 0 Å². The van der Waals surface area contributed by atoms with Crippen LogP contribution in [0.3, 0.4) is 0 Å². The monoisotopic (exact) mass is 938 g/mol. The number of thioether (sulfide) groups is 1. The smallest absolute Gasteiger partial charge is 0.425 e. The fraction of sp³-hybridized carbons (Fsp3) is 0.243. The fourth-order valence-electron chi connectivity index (χ4n) is 7.61. The molecule has 2 aromatic heterocycles. The van der Waals surface area contributed by atoms with E-state index >= 15 is 8.78 Å². The Bertz CT molecular complexity index is 3210. The molecule has 0 radical (unpaired) electrons. The van der Waals surface area contributed by atoms with Crippen LogP contribution in [0, 0.1) is 11.6 Å². The summed E-state index contributed by atoms with van der Waals surface area (Å²) in [5, 5.41) is 2.55. The minimum Gasteiger partial charge on any atom is -0.744 e. The van der Waals surface area contributed by atoms with Gasteiger partial charge in [-0.25, -0.2) is 27.6 Å². The first-order chi connectivity index (χ1) is 27.8. The number of fused-ring (bicyclic) bond motifs is 8. The Labute approximate surface area is 355 Å². The molecule has 3 aliphatic rings. The molecular formula is C37H32F2N4O11S6. The summed E-state index contributed by atoms with van der Waals surface area (Å²) in [6.07, 6.45) is 0. The number of thiophene rings is 2. The van der Waals surface area contributed by atoms with Crippen molar-refractivity contribution >= 4 is 82.4 Å². The molecule has 23 heteroatoms. The zero-order valence-corrected chi connectivity index (χ0v) is 36.9. The van der Waals surface area contributed by atoms with E-state index in [-0.39, 0.29) is 32.1 Å². The highest BCUT2D eigenvalue weighted by atomic mass is 32.3. The molecule has 15 nitrogen and oxygen atoms in total. The van der Waals surface area contributed by atoms with Gasteiger partial charge in [0.05, 0.1) is 27.8 Å². The van der Waals surface area contributed by atoms with E-state index < -0.39 is 80.6 Å². The van der Waals surface area contributed by atoms with Crippen molar-refractivity contribution in [3.05, 3.63) is 92.3 Å². The van der Waals surface area contributed by atoms with Gasteiger partial charge in [0.1, 0.15) is 49.4 Å². The summed E-state index contributed by atoms with van der Waals surface area (Å²) in [5.74, 6) is 1.47. The number of benzene rings is 3. The molecule has 0 atom stereocenters. The molecule has 0 aliphatic carbocycles. The summed E-state index contributed by atoms with van der Waals surface area (Å²) in [7, 11) is -9.77. The van der Waals surface area contributed by atoms with Crippen molar-refractivity contribution in [2.24, 2.45) is 5.84 Å². The van der Waals surface area contributed by atoms with Gasteiger partial charge in [-0.1, -0.05) is 0 Å². The molecule has 3 aliphatic heterocycles. The highest BCUT2D eigenvalue weighted by Gasteiger charge is 2.43. The molecule has 316 valence electrons. The van der Waals surface area contributed by atoms with Crippen LogP contribution >= 0.6 is 34.4 Å². The third-order valence-corrected chi connectivity index (χ3v) is 16.3. The van der Waals surface area contributed by atoms with Gasteiger partial charge in [0, 0.05) is 75.5 Å². The number of anilines is 1. The van der Waals surface area contributed by atoms with Crippen molar-refractivity contribution in [3.8, 4) is 32.4 Å². The second kappa shape index (κ2) is 14.8. The molecule has 1 amide bonds. The van der Waals surface area contributed by atoms with Crippen LogP contribution in [0.4, 0.5) is 14.5 Å². The van der Waals surface area contributed by atoms with Crippen molar-refractivity contribution in [2.75, 3.05) is 24.7 Å². The summed E-state index contributed by atoms with van der Waals surface area (Å²) in [6, 6.07) is 10.6. The van der Waals surface area contributed by atoms with Crippen LogP contribution in [-0.2, 0) is 46.7 Å². The van der Waals surface area contributed by atoms with Gasteiger partial charge in [-0.3, -0.25) is 14.8 Å². The van der Waals surface area contributed by atoms with Crippen LogP contribution in [0.2, 0.25) is 0 Å². The van der Waals surface area contributed by atoms with Gasteiger partial charge in [-0.05, 0) is 55.1 Å². The van der Waals surface area contributed by atoms with Gasteiger partial charge in [-0.2, -0.15) is 8.42 Å². The minimum atomic E-state index is -5.72. The first-order valence-electron chi connectivity index (χ1n) is 17.3. The summed E-state index contributed by atoms with van der Waals surface area (Å²) >= 11 is 2.83. The summed E-state index contributed by atoms with van der Waals surface area (Å²) in [6.45, 7) is 7.84. The molecule has 0 spiro atoms. The lowest BCUT2D eigenvalue weighted by atomic mass is 9.83. The number of carbonyl (C=O) groups excluding carboxylic acids is 1. The highest BCUT2D eigenvalue weighted by Crippen LogP contribution is 2.54. The maximum Gasteiger partial charge on any atom is 0.425 e. The fourth-order valence-corrected chi connectivity index (χ4v) is 12.2. The molecule has 0 fully saturated rings. The van der Waals surface area contributed by atoms with Crippen LogP contribution in [0.1, 0.15) is 49.9 Å². The lowest BCUT2D eigenvalue weighted by molar-refractivity contribution is -0.118. The molecular weight excluding hydrogens is 907 g/mol. The number of hydrogen-bond donors (Lipinski definition) is 3. The Morgan fingerprint density at radius 1 is 1.00 bits per heavy atom. The number of amides is 1. The number of nitrogens with two attached hydrogens (primary N) is 1. The molecule has 5 heterocycles. The van der Waals surface area contributed by atoms with Gasteiger partial charge in [0.2, 0.25) is 11.3 Å². The Morgan fingerprint density at radius 3 is 2.28 bits per heavy atom. The number of hydrazine groups is 1. The van der Waals surface area contributed by atoms with E-state index in [4.69, 9.17) is 23.2 Å². The summed E-state index contributed by atoms with van der Waals surface area (Å²) in [4.78, 5) is 13.6. The zero-order chi connectivity index (χ0) is 44.2. The van der Waals surface area contributed by atoms with E-state index in [9.17, 15) is 30.7 Å². The molecule has 0 unspecified atom stereocenters. The number of nitrogens with zero attached hydrogens (tertiary/aromatic N) is 2. The van der Waals surface area contributed by atoms with Crippen LogP contribution in [0.15, 0.2) is 61.8 Å². The Balaban J connectivity index is 0.00000130. The molecule has 4 N–H and O–H groups in total. The molecule has 8 rings (SSSR count). The third kappa shape index (κ3) is 7.03. The number of carbonyl (C=O) groups is 1. The maximum absolute atomic E-state index is 17.2. The lowest BCUT2D eigenvalue weighted by Crippen LogP contribution is -2.46. The lowest BCUT2D eigenvalue weighted by Gasteiger charge is -2.43. The summed E-state index contributed by atoms with van der Waals surface area (Å²) < 4.78 is 141. The second-order valence-corrected chi connectivity index (χ2v) is 21.1. The standard InChI is InChI=1S/C37H32F2N4O8S5.O3S/c1-36(2)20-7-8-52-33(20)16-9-18-25(13-23(16)42(36)5)51-26-14-24-17(34-21(37(3,4)43(24)6)11-29(54-34)55(45,46)47)10-19(26)30(18)31-32(39)27(53-15-28(44)41-40)12-22(38)35(31)56(48,49)50;1-4(2)3/h7-14H,15,40H2,1-6H3,(H2-,41,44,45,46,47,48,49,50);. The molecule has 0 saturated carbocycles. The van der Waals surface area contributed by atoms with Crippen molar-refractivity contribution in [3.63, 3.8) is 0 Å². The van der Waals surface area contributed by atoms with Crippen molar-refractivity contribution in [2.45, 2.75) is 52.8 Å². The Morgan fingerprint density at radius 2 is 1.67 bits per heavy atom. The van der Waals surface area contributed by atoms with Crippen LogP contribution < -0.4 is 36.1 Å². The van der Waals surface area contributed by atoms with Gasteiger partial charge < -0.3 is 14.2 Å². The van der Waals surface area contributed by atoms with Crippen LogP contribution in [0.5, 0.6) is 11.5 Å². The summed E-state index contributed by atoms with van der Waals surface area (Å²) in [5.41, 5.74) is 3.10. The molecule has 0 saturated heterocycles. The van der Waals surface area contributed by atoms with Crippen molar-refractivity contribution < 1.29 is 56.9 Å². The Hall–Kier alpha value is -4.59. The second-order valence-electron chi connectivity index (χ2n) is 14.8. The SMILES string of the molecule is CN1c2cc3c(cc2-c2sccc2C1(C)C)C(c1c(F)c(SCC(=O)NN)cc(F)c1S(=O)(=O)[O-])=c1cc2c(cc1O3)=[N+](C)C(C)(C)c1cc(S(=O)(=O)O)sc1-2.O=S(=O)=O. The molecule has 3 aromatic carbocycles. The first-order valence-corrected chi connectivity index (χ1v) is 23.8. The van der Waals surface area contributed by atoms with E-state index in [0.717, 1.165) is 27.5 Å². The van der Waals surface area contributed by atoms with E-state index in [1.165, 1.54) is 17.4 Å². The van der Waals surface area contributed by atoms with E-state index in [1.807, 2.05) is 42.3 Å². The average Bonchev–Trinajstić information content (AvgIpc) is 3.84. The van der Waals surface area contributed by atoms with E-state index in [2.05, 4.69) is 18.7 Å². The quantitative estimate of drug-likeness (QED) is 0.0534. The predicted molar refractivity (Wildman–Crippen MR) is 219 cm³/mol. The first kappa shape index (κ1) is 43.5. The Kier molecular flexibility index (Phi) is 10.7. The average molecular weight is 939 g/mol. The highest BCUT2D eigenvalue weighted by molar-refractivity contribution is 8.00. The van der Waals surface area contributed by atoms with Gasteiger partial charge >= 0.3 is 20.7 Å². The molecule has 0 bridgehead atoms. The van der Waals surface area contributed by atoms with Gasteiger partial charge in [-0.15, -0.1) is 47.1 Å². The zero-order valence-electron chi connectivity index (χ0n) is 32.0. The number of nitrogens with one attached hydrogen (secondary N) is 1. The van der Waals surface area contributed by atoms with Gasteiger partial charge in [0.15, 0.2) is 5.54 Å². The predicted octanol–water partition coefficient (Wildman–Crippen LogP) is 4.06. The molecule has 60 heavy (non-hydrogen) atoms. The maximum atomic E-state index is 17.2. The number of hydrogen-bond acceptors (Lipinski definition) is 15. The normalized spacial score (nSPS) is 15.6. The van der Waals surface area contributed by atoms with E-state index in [1.54, 1.807) is 31.3 Å². The van der Waals surface area contributed by atoms with Crippen LogP contribution in [0.25, 0.3) is 26.5 Å². The third-order valence-electron chi connectivity index (χ3n) is 10.9. The van der Waals surface area contributed by atoms with E-state index in [0.29, 0.717) is 44.8 Å². The number of rotatable bonds is 6.